The van der Waals surface area contributed by atoms with Crippen molar-refractivity contribution < 1.29 is 27.1 Å². The van der Waals surface area contributed by atoms with E-state index in [1.165, 1.54) is 12.1 Å². The largest absolute Gasteiger partial charge is 0.573 e. The molecule has 0 aliphatic heterocycles. The number of halogens is 3. The van der Waals surface area contributed by atoms with Gasteiger partial charge < -0.3 is 13.9 Å². The van der Waals surface area contributed by atoms with Gasteiger partial charge in [-0.15, -0.1) is 13.2 Å². The van der Waals surface area contributed by atoms with Gasteiger partial charge in [0.2, 0.25) is 0 Å². The third kappa shape index (κ3) is 4.40. The number of aromatic nitrogens is 2. The summed E-state index contributed by atoms with van der Waals surface area (Å²) in [5.74, 6) is -1.24. The van der Waals surface area contributed by atoms with Crippen LogP contribution >= 0.6 is 0 Å². The molecule has 0 saturated carbocycles. The molecule has 0 spiro atoms. The van der Waals surface area contributed by atoms with Gasteiger partial charge in [-0.1, -0.05) is 35.4 Å². The predicted molar refractivity (Wildman–Crippen MR) is 79.6 cm³/mol. The second-order valence-corrected chi connectivity index (χ2v) is 4.86. The van der Waals surface area contributed by atoms with Crippen LogP contribution in [0.4, 0.5) is 13.2 Å². The normalized spacial score (nSPS) is 11.3. The monoisotopic (exact) mass is 352 g/mol. The Bertz CT molecular complexity index is 886. The van der Waals surface area contributed by atoms with E-state index in [1.807, 2.05) is 30.3 Å². The SMILES string of the molecule is O=c1oc(OCc2ccccc2)nn1-c1ccc(OC(F)(F)F)cc1. The lowest BCUT2D eigenvalue weighted by Crippen LogP contribution is -2.17. The lowest BCUT2D eigenvalue weighted by molar-refractivity contribution is -0.274. The van der Waals surface area contributed by atoms with E-state index < -0.39 is 17.9 Å². The van der Waals surface area contributed by atoms with E-state index >= 15 is 0 Å². The smallest absolute Gasteiger partial charge is 0.444 e. The minimum Gasteiger partial charge on any atom is -0.444 e. The van der Waals surface area contributed by atoms with E-state index in [-0.39, 0.29) is 18.4 Å². The van der Waals surface area contributed by atoms with Crippen molar-refractivity contribution in [2.24, 2.45) is 0 Å². The third-order valence-corrected chi connectivity index (χ3v) is 3.05. The van der Waals surface area contributed by atoms with E-state index in [0.29, 0.717) is 0 Å². The number of alkyl halides is 3. The summed E-state index contributed by atoms with van der Waals surface area (Å²) in [5.41, 5.74) is 1.06. The zero-order chi connectivity index (χ0) is 17.9. The summed E-state index contributed by atoms with van der Waals surface area (Å²) >= 11 is 0. The molecule has 0 aliphatic carbocycles. The first-order valence-electron chi connectivity index (χ1n) is 7.04. The Balaban J connectivity index is 1.73. The molecule has 1 heterocycles. The van der Waals surface area contributed by atoms with Gasteiger partial charge in [-0.2, -0.15) is 4.68 Å². The molecule has 9 heteroatoms. The highest BCUT2D eigenvalue weighted by Crippen LogP contribution is 2.23. The van der Waals surface area contributed by atoms with Gasteiger partial charge in [-0.05, 0) is 29.8 Å². The first-order valence-corrected chi connectivity index (χ1v) is 7.04. The van der Waals surface area contributed by atoms with E-state index in [1.54, 1.807) is 0 Å². The fourth-order valence-electron chi connectivity index (χ4n) is 1.99. The van der Waals surface area contributed by atoms with Crippen molar-refractivity contribution in [1.29, 1.82) is 0 Å². The summed E-state index contributed by atoms with van der Waals surface area (Å²) in [6.45, 7) is 0.152. The molecule has 130 valence electrons. The summed E-state index contributed by atoms with van der Waals surface area (Å²) in [4.78, 5) is 11.8. The van der Waals surface area contributed by atoms with Crippen molar-refractivity contribution >= 4 is 0 Å². The fraction of sp³-hybridized carbons (Fsp3) is 0.125. The lowest BCUT2D eigenvalue weighted by atomic mass is 10.2. The predicted octanol–water partition coefficient (Wildman–Crippen LogP) is 3.30. The van der Waals surface area contributed by atoms with Crippen LogP contribution in [0.15, 0.2) is 63.8 Å². The molecule has 6 nitrogen and oxygen atoms in total. The van der Waals surface area contributed by atoms with Crippen LogP contribution in [0.25, 0.3) is 5.69 Å². The van der Waals surface area contributed by atoms with Gasteiger partial charge in [-0.25, -0.2) is 4.79 Å². The van der Waals surface area contributed by atoms with E-state index in [9.17, 15) is 18.0 Å². The van der Waals surface area contributed by atoms with Crippen LogP contribution in [-0.4, -0.2) is 16.1 Å². The highest BCUT2D eigenvalue weighted by Gasteiger charge is 2.31. The van der Waals surface area contributed by atoms with Gasteiger partial charge in [-0.3, -0.25) is 0 Å². The zero-order valence-electron chi connectivity index (χ0n) is 12.6. The molecule has 0 atom stereocenters. The molecule has 0 saturated heterocycles. The number of hydrogen-bond donors (Lipinski definition) is 0. The topological polar surface area (TPSA) is 66.5 Å². The molecule has 0 unspecified atom stereocenters. The van der Waals surface area contributed by atoms with E-state index in [0.717, 1.165) is 22.4 Å². The maximum atomic E-state index is 12.1. The van der Waals surface area contributed by atoms with Crippen molar-refractivity contribution in [3.05, 3.63) is 70.7 Å². The summed E-state index contributed by atoms with van der Waals surface area (Å²) in [7, 11) is 0. The van der Waals surface area contributed by atoms with Gasteiger partial charge in [0.15, 0.2) is 0 Å². The summed E-state index contributed by atoms with van der Waals surface area (Å²) < 4.78 is 51.2. The summed E-state index contributed by atoms with van der Waals surface area (Å²) in [5, 5.41) is 3.85. The van der Waals surface area contributed by atoms with Crippen LogP contribution in [0.5, 0.6) is 11.8 Å². The van der Waals surface area contributed by atoms with Crippen molar-refractivity contribution in [1.82, 2.24) is 9.78 Å². The standard InChI is InChI=1S/C16H11F3N2O4/c17-16(18,19)25-13-8-6-12(7-9-13)21-15(22)24-14(20-21)23-10-11-4-2-1-3-5-11/h1-9H,10H2. The number of benzene rings is 2. The van der Waals surface area contributed by atoms with Gasteiger partial charge >= 0.3 is 18.2 Å². The Kier molecular flexibility index (Phi) is 4.46. The van der Waals surface area contributed by atoms with E-state index in [2.05, 4.69) is 9.84 Å². The summed E-state index contributed by atoms with van der Waals surface area (Å²) in [6.07, 6.45) is -5.03. The number of hydrogen-bond acceptors (Lipinski definition) is 5. The zero-order valence-corrected chi connectivity index (χ0v) is 12.6. The Morgan fingerprint density at radius 2 is 1.72 bits per heavy atom. The highest BCUT2D eigenvalue weighted by atomic mass is 19.4. The van der Waals surface area contributed by atoms with Crippen molar-refractivity contribution in [3.8, 4) is 17.5 Å². The second kappa shape index (κ2) is 6.71. The van der Waals surface area contributed by atoms with Crippen LogP contribution in [0.1, 0.15) is 5.56 Å². The van der Waals surface area contributed by atoms with Gasteiger partial charge in [0.05, 0.1) is 5.69 Å². The van der Waals surface area contributed by atoms with Crippen molar-refractivity contribution in [3.63, 3.8) is 0 Å². The molecule has 0 bridgehead atoms. The molecular weight excluding hydrogens is 341 g/mol. The van der Waals surface area contributed by atoms with Crippen LogP contribution < -0.4 is 15.2 Å². The molecule has 0 radical (unpaired) electrons. The maximum Gasteiger partial charge on any atom is 0.573 e. The molecule has 3 rings (SSSR count). The Hall–Kier alpha value is -3.23. The second-order valence-electron chi connectivity index (χ2n) is 4.86. The van der Waals surface area contributed by atoms with Crippen LogP contribution in [-0.2, 0) is 6.61 Å². The molecule has 1 aromatic heterocycles. The average molecular weight is 352 g/mol. The number of rotatable bonds is 5. The number of ether oxygens (including phenoxy) is 2. The minimum atomic E-state index is -4.79. The molecule has 0 N–H and O–H groups in total. The number of nitrogens with zero attached hydrogens (tertiary/aromatic N) is 2. The molecular formula is C16H11F3N2O4. The third-order valence-electron chi connectivity index (χ3n) is 3.05. The molecule has 2 aromatic carbocycles. The Labute approximate surface area is 139 Å². The van der Waals surface area contributed by atoms with Crippen molar-refractivity contribution in [2.75, 3.05) is 0 Å². The molecule has 0 aliphatic rings. The Morgan fingerprint density at radius 1 is 1.04 bits per heavy atom. The van der Waals surface area contributed by atoms with Crippen molar-refractivity contribution in [2.45, 2.75) is 13.0 Å². The molecule has 25 heavy (non-hydrogen) atoms. The molecule has 3 aromatic rings. The quantitative estimate of drug-likeness (QED) is 0.705. The summed E-state index contributed by atoms with van der Waals surface area (Å²) in [6, 6.07) is 13.8. The lowest BCUT2D eigenvalue weighted by Gasteiger charge is -2.08. The van der Waals surface area contributed by atoms with Crippen LogP contribution in [0, 0.1) is 0 Å². The minimum absolute atomic E-state index is 0.152. The highest BCUT2D eigenvalue weighted by molar-refractivity contribution is 5.36. The Morgan fingerprint density at radius 3 is 2.36 bits per heavy atom. The van der Waals surface area contributed by atoms with Gasteiger partial charge in [0.25, 0.3) is 0 Å². The fourth-order valence-corrected chi connectivity index (χ4v) is 1.99. The van der Waals surface area contributed by atoms with Crippen LogP contribution in [0.3, 0.4) is 0 Å². The maximum absolute atomic E-state index is 12.1. The van der Waals surface area contributed by atoms with E-state index in [4.69, 9.17) is 9.15 Å². The van der Waals surface area contributed by atoms with Gasteiger partial charge in [0, 0.05) is 0 Å². The average Bonchev–Trinajstić information content (AvgIpc) is 2.94. The molecule has 0 amide bonds. The van der Waals surface area contributed by atoms with Gasteiger partial charge in [0.1, 0.15) is 12.4 Å². The van der Waals surface area contributed by atoms with Crippen LogP contribution in [0.2, 0.25) is 0 Å². The molecule has 0 fully saturated rings. The first kappa shape index (κ1) is 16.6. The first-order chi connectivity index (χ1) is 11.9.